The SMILES string of the molecule is Cc1cccc2sc(N(Cc3ccccn3)C(=O)c3ccc(S(=O)(=O)N4CCCCC4C)cc3)nc12. The van der Waals surface area contributed by atoms with Gasteiger partial charge in [-0.3, -0.25) is 14.7 Å². The van der Waals surface area contributed by atoms with Crippen LogP contribution in [-0.2, 0) is 16.6 Å². The van der Waals surface area contributed by atoms with Crippen molar-refractivity contribution < 1.29 is 13.2 Å². The third-order valence-corrected chi connectivity index (χ3v) is 9.65. The number of anilines is 1. The lowest BCUT2D eigenvalue weighted by Crippen LogP contribution is -2.41. The lowest BCUT2D eigenvalue weighted by molar-refractivity contribution is 0.0984. The minimum absolute atomic E-state index is 0.0265. The Bertz CT molecular complexity index is 1480. The number of sulfonamides is 1. The molecule has 3 heterocycles. The third kappa shape index (κ3) is 4.78. The number of amides is 1. The number of pyridine rings is 1. The van der Waals surface area contributed by atoms with Crippen molar-refractivity contribution in [2.75, 3.05) is 11.4 Å². The fourth-order valence-corrected chi connectivity index (χ4v) is 7.30. The minimum atomic E-state index is -3.61. The van der Waals surface area contributed by atoms with Crippen LogP contribution >= 0.6 is 11.3 Å². The molecule has 0 saturated carbocycles. The van der Waals surface area contributed by atoms with Gasteiger partial charge in [0.1, 0.15) is 0 Å². The summed E-state index contributed by atoms with van der Waals surface area (Å²) in [6.45, 7) is 4.73. The Balaban J connectivity index is 1.48. The molecule has 1 aliphatic rings. The maximum absolute atomic E-state index is 13.7. The summed E-state index contributed by atoms with van der Waals surface area (Å²) in [7, 11) is -3.61. The van der Waals surface area contributed by atoms with E-state index in [0.717, 1.165) is 40.7 Å². The van der Waals surface area contributed by atoms with E-state index in [1.165, 1.54) is 23.5 Å². The fourth-order valence-electron chi connectivity index (χ4n) is 4.56. The average molecular weight is 521 g/mol. The van der Waals surface area contributed by atoms with Gasteiger partial charge in [-0.2, -0.15) is 4.31 Å². The van der Waals surface area contributed by atoms with Gasteiger partial charge in [-0.05, 0) is 74.7 Å². The van der Waals surface area contributed by atoms with Crippen LogP contribution in [0.5, 0.6) is 0 Å². The van der Waals surface area contributed by atoms with E-state index >= 15 is 0 Å². The molecule has 4 aromatic rings. The highest BCUT2D eigenvalue weighted by Crippen LogP contribution is 2.32. The van der Waals surface area contributed by atoms with Crippen molar-refractivity contribution in [3.05, 3.63) is 83.7 Å². The molecular formula is C27H28N4O3S2. The maximum Gasteiger partial charge on any atom is 0.260 e. The zero-order chi connectivity index (χ0) is 25.3. The zero-order valence-corrected chi connectivity index (χ0v) is 21.9. The molecule has 1 fully saturated rings. The second-order valence-electron chi connectivity index (χ2n) is 9.12. The van der Waals surface area contributed by atoms with Gasteiger partial charge in [0.15, 0.2) is 5.13 Å². The predicted molar refractivity (Wildman–Crippen MR) is 143 cm³/mol. The molecular weight excluding hydrogens is 492 g/mol. The predicted octanol–water partition coefficient (Wildman–Crippen LogP) is 5.41. The molecule has 1 saturated heterocycles. The molecule has 2 aromatic heterocycles. The first-order valence-electron chi connectivity index (χ1n) is 12.0. The molecule has 186 valence electrons. The van der Waals surface area contributed by atoms with Gasteiger partial charge >= 0.3 is 0 Å². The van der Waals surface area contributed by atoms with Gasteiger partial charge < -0.3 is 0 Å². The van der Waals surface area contributed by atoms with Gasteiger partial charge in [0, 0.05) is 24.3 Å². The number of nitrogens with zero attached hydrogens (tertiary/aromatic N) is 4. The Kier molecular flexibility index (Phi) is 6.87. The van der Waals surface area contributed by atoms with E-state index < -0.39 is 10.0 Å². The van der Waals surface area contributed by atoms with Crippen LogP contribution in [0.4, 0.5) is 5.13 Å². The van der Waals surface area contributed by atoms with Crippen LogP contribution < -0.4 is 4.90 Å². The number of thiazole rings is 1. The van der Waals surface area contributed by atoms with E-state index in [4.69, 9.17) is 4.98 Å². The van der Waals surface area contributed by atoms with E-state index in [1.54, 1.807) is 27.5 Å². The maximum atomic E-state index is 13.7. The van der Waals surface area contributed by atoms with Crippen molar-refractivity contribution in [1.29, 1.82) is 0 Å². The van der Waals surface area contributed by atoms with Crippen molar-refractivity contribution in [1.82, 2.24) is 14.3 Å². The summed E-state index contributed by atoms with van der Waals surface area (Å²) in [5, 5.41) is 0.578. The molecule has 5 rings (SSSR count). The second-order valence-corrected chi connectivity index (χ2v) is 12.0. The molecule has 1 aliphatic heterocycles. The first kappa shape index (κ1) is 24.5. The van der Waals surface area contributed by atoms with E-state index in [-0.39, 0.29) is 23.4 Å². The quantitative estimate of drug-likeness (QED) is 0.339. The van der Waals surface area contributed by atoms with Crippen LogP contribution in [0.15, 0.2) is 71.8 Å². The van der Waals surface area contributed by atoms with E-state index in [2.05, 4.69) is 4.98 Å². The topological polar surface area (TPSA) is 83.5 Å². The summed E-state index contributed by atoms with van der Waals surface area (Å²) in [4.78, 5) is 24.7. The fraction of sp³-hybridized carbons (Fsp3) is 0.296. The average Bonchev–Trinajstić information content (AvgIpc) is 3.33. The minimum Gasteiger partial charge on any atom is -0.278 e. The highest BCUT2D eigenvalue weighted by atomic mass is 32.2. The standard InChI is InChI=1S/C27H28N4O3S2/c1-19-8-7-11-24-25(19)29-27(35-24)30(18-22-10-3-5-16-28-22)26(32)21-12-14-23(15-13-21)36(33,34)31-17-6-4-9-20(31)2/h3,5,7-8,10-16,20H,4,6,9,17-18H2,1-2H3. The molecule has 7 nitrogen and oxygen atoms in total. The summed E-state index contributed by atoms with van der Waals surface area (Å²) in [6, 6.07) is 17.8. The number of carbonyl (C=O) groups is 1. The molecule has 1 amide bonds. The van der Waals surface area contributed by atoms with Crippen molar-refractivity contribution >= 4 is 42.6 Å². The summed E-state index contributed by atoms with van der Waals surface area (Å²) in [5.41, 5.74) is 3.04. The smallest absolute Gasteiger partial charge is 0.260 e. The molecule has 2 aromatic carbocycles. The lowest BCUT2D eigenvalue weighted by atomic mass is 10.1. The van der Waals surface area contributed by atoms with E-state index in [0.29, 0.717) is 17.2 Å². The molecule has 1 unspecified atom stereocenters. The lowest BCUT2D eigenvalue weighted by Gasteiger charge is -2.32. The van der Waals surface area contributed by atoms with Crippen molar-refractivity contribution in [2.45, 2.75) is 50.6 Å². The summed E-state index contributed by atoms with van der Waals surface area (Å²) in [6.07, 6.45) is 4.46. The van der Waals surface area contributed by atoms with Gasteiger partial charge in [-0.15, -0.1) is 0 Å². The van der Waals surface area contributed by atoms with Crippen LogP contribution in [0.3, 0.4) is 0 Å². The van der Waals surface area contributed by atoms with E-state index in [1.807, 2.05) is 50.2 Å². The first-order valence-corrected chi connectivity index (χ1v) is 14.3. The van der Waals surface area contributed by atoms with Crippen molar-refractivity contribution in [3.63, 3.8) is 0 Å². The first-order chi connectivity index (χ1) is 17.3. The Morgan fingerprint density at radius 3 is 2.58 bits per heavy atom. The number of benzene rings is 2. The number of fused-ring (bicyclic) bond motifs is 1. The number of piperidine rings is 1. The zero-order valence-electron chi connectivity index (χ0n) is 20.3. The number of para-hydroxylation sites is 1. The Morgan fingerprint density at radius 1 is 1.08 bits per heavy atom. The molecule has 0 N–H and O–H groups in total. The number of aryl methyl sites for hydroxylation is 1. The molecule has 36 heavy (non-hydrogen) atoms. The Morgan fingerprint density at radius 2 is 1.89 bits per heavy atom. The van der Waals surface area contributed by atoms with Gasteiger partial charge in [0.2, 0.25) is 10.0 Å². The Hall–Kier alpha value is -3.14. The number of hydrogen-bond acceptors (Lipinski definition) is 6. The monoisotopic (exact) mass is 520 g/mol. The van der Waals surface area contributed by atoms with Crippen molar-refractivity contribution in [3.8, 4) is 0 Å². The molecule has 0 radical (unpaired) electrons. The molecule has 0 bridgehead atoms. The van der Waals surface area contributed by atoms with Gasteiger partial charge in [-0.25, -0.2) is 13.4 Å². The number of aromatic nitrogens is 2. The Labute approximate surface area is 215 Å². The van der Waals surface area contributed by atoms with Crippen LogP contribution in [0.2, 0.25) is 0 Å². The molecule has 9 heteroatoms. The summed E-state index contributed by atoms with van der Waals surface area (Å²) < 4.78 is 29.0. The van der Waals surface area contributed by atoms with E-state index in [9.17, 15) is 13.2 Å². The third-order valence-electron chi connectivity index (χ3n) is 6.58. The molecule has 1 atom stereocenters. The van der Waals surface area contributed by atoms with Crippen molar-refractivity contribution in [2.24, 2.45) is 0 Å². The molecule has 0 spiro atoms. The number of hydrogen-bond donors (Lipinski definition) is 0. The van der Waals surface area contributed by atoms with Crippen LogP contribution in [0, 0.1) is 6.92 Å². The normalized spacial score (nSPS) is 16.8. The molecule has 0 aliphatic carbocycles. The van der Waals surface area contributed by atoms with Gasteiger partial charge in [0.05, 0.1) is 27.4 Å². The largest absolute Gasteiger partial charge is 0.278 e. The van der Waals surface area contributed by atoms with Crippen LogP contribution in [-0.4, -0.2) is 41.2 Å². The van der Waals surface area contributed by atoms with Crippen LogP contribution in [0.25, 0.3) is 10.2 Å². The number of carbonyl (C=O) groups excluding carboxylic acids is 1. The highest BCUT2D eigenvalue weighted by Gasteiger charge is 2.31. The summed E-state index contributed by atoms with van der Waals surface area (Å²) >= 11 is 1.45. The van der Waals surface area contributed by atoms with Gasteiger partial charge in [-0.1, -0.05) is 36.0 Å². The second kappa shape index (κ2) is 10.1. The van der Waals surface area contributed by atoms with Crippen LogP contribution in [0.1, 0.15) is 47.8 Å². The summed E-state index contributed by atoms with van der Waals surface area (Å²) in [5.74, 6) is -0.257. The highest BCUT2D eigenvalue weighted by molar-refractivity contribution is 7.89. The van der Waals surface area contributed by atoms with Gasteiger partial charge in [0.25, 0.3) is 5.91 Å². The number of rotatable bonds is 6.